The average molecular weight is 570 g/mol. The second-order valence-corrected chi connectivity index (χ2v) is 12.9. The summed E-state index contributed by atoms with van der Waals surface area (Å²) in [6, 6.07) is 21.9. The highest BCUT2D eigenvalue weighted by molar-refractivity contribution is 8.04. The van der Waals surface area contributed by atoms with Crippen molar-refractivity contribution in [3.63, 3.8) is 0 Å². The van der Waals surface area contributed by atoms with Crippen LogP contribution in [-0.2, 0) is 11.3 Å². The number of aryl methyl sites for hydroxylation is 2. The maximum atomic E-state index is 13.7. The Balaban J connectivity index is 1.45. The highest BCUT2D eigenvalue weighted by Gasteiger charge is 2.29. The molecule has 0 spiro atoms. The van der Waals surface area contributed by atoms with Crippen LogP contribution in [0.25, 0.3) is 6.08 Å². The maximum Gasteiger partial charge on any atom is 0.265 e. The number of hydrogen-bond acceptors (Lipinski definition) is 4. The van der Waals surface area contributed by atoms with E-state index in [0.717, 1.165) is 41.3 Å². The van der Waals surface area contributed by atoms with E-state index >= 15 is 0 Å². The van der Waals surface area contributed by atoms with Gasteiger partial charge in [0.1, 0.15) is 0 Å². The van der Waals surface area contributed by atoms with E-state index in [1.807, 2.05) is 53.4 Å². The van der Waals surface area contributed by atoms with Gasteiger partial charge in [-0.15, -0.1) is 0 Å². The minimum absolute atomic E-state index is 0.0104. The lowest BCUT2D eigenvalue weighted by molar-refractivity contribution is -0.114. The summed E-state index contributed by atoms with van der Waals surface area (Å²) in [5.41, 5.74) is 5.95. The van der Waals surface area contributed by atoms with Gasteiger partial charge in [0.15, 0.2) is 0 Å². The van der Waals surface area contributed by atoms with Crippen LogP contribution < -0.4 is 10.2 Å². The minimum Gasteiger partial charge on any atom is -0.351 e. The van der Waals surface area contributed by atoms with Crippen LogP contribution in [0.2, 0.25) is 0 Å². The molecule has 0 unspecified atom stereocenters. The Bertz CT molecular complexity index is 1380. The quantitative estimate of drug-likeness (QED) is 0.246. The van der Waals surface area contributed by atoms with Gasteiger partial charge in [0.25, 0.3) is 11.8 Å². The van der Waals surface area contributed by atoms with Crippen molar-refractivity contribution in [1.82, 2.24) is 10.2 Å². The number of carbonyl (C=O) groups is 2. The molecule has 0 aromatic heterocycles. The number of amides is 2. The lowest BCUT2D eigenvalue weighted by Gasteiger charge is -2.31. The second-order valence-electron chi connectivity index (χ2n) is 11.8. The SMILES string of the molecule is Cc1ccc(C)c(CN2C(=O)/C(=C/c3ccc(C(=O)NCCN(CC(C)C)CC(C)C)cc3)Sc3ccccc32)c1. The maximum absolute atomic E-state index is 13.7. The second kappa shape index (κ2) is 14.0. The van der Waals surface area contributed by atoms with Crippen molar-refractivity contribution in [2.75, 3.05) is 31.1 Å². The summed E-state index contributed by atoms with van der Waals surface area (Å²) in [5, 5.41) is 3.07. The monoisotopic (exact) mass is 569 g/mol. The molecule has 0 aliphatic carbocycles. The van der Waals surface area contributed by atoms with Gasteiger partial charge < -0.3 is 15.1 Å². The van der Waals surface area contributed by atoms with Crippen molar-refractivity contribution < 1.29 is 9.59 Å². The van der Waals surface area contributed by atoms with Crippen LogP contribution in [0.3, 0.4) is 0 Å². The van der Waals surface area contributed by atoms with Crippen molar-refractivity contribution in [3.05, 3.63) is 99.5 Å². The van der Waals surface area contributed by atoms with Gasteiger partial charge in [-0.1, -0.05) is 87.5 Å². The third-order valence-corrected chi connectivity index (χ3v) is 8.17. The highest BCUT2D eigenvalue weighted by atomic mass is 32.2. The first kappa shape index (κ1) is 30.6. The molecule has 1 aliphatic rings. The molecule has 6 heteroatoms. The molecule has 0 saturated carbocycles. The zero-order chi connectivity index (χ0) is 29.5. The standard InChI is InChI=1S/C35H43N3O2S/c1-24(2)21-37(22-25(3)4)18-17-36-34(39)29-15-13-28(14-16-29)20-33-35(40)38(31-9-7-8-10-32(31)41-33)23-30-19-26(5)11-12-27(30)6/h7-16,19-20,24-25H,17-18,21-23H2,1-6H3,(H,36,39)/b33-20-. The molecule has 0 bridgehead atoms. The molecule has 2 amide bonds. The summed E-state index contributed by atoms with van der Waals surface area (Å²) in [4.78, 5) is 32.6. The fourth-order valence-electron chi connectivity index (χ4n) is 5.16. The van der Waals surface area contributed by atoms with Gasteiger partial charge in [-0.05, 0) is 72.7 Å². The minimum atomic E-state index is -0.0741. The summed E-state index contributed by atoms with van der Waals surface area (Å²) in [7, 11) is 0. The van der Waals surface area contributed by atoms with E-state index in [4.69, 9.17) is 0 Å². The fourth-order valence-corrected chi connectivity index (χ4v) is 6.22. The lowest BCUT2D eigenvalue weighted by Crippen LogP contribution is -2.38. The van der Waals surface area contributed by atoms with Gasteiger partial charge in [0.2, 0.25) is 0 Å². The van der Waals surface area contributed by atoms with E-state index in [1.165, 1.54) is 22.9 Å². The van der Waals surface area contributed by atoms with E-state index in [0.29, 0.717) is 35.4 Å². The van der Waals surface area contributed by atoms with Gasteiger partial charge in [-0.2, -0.15) is 0 Å². The Hall–Kier alpha value is -3.35. The van der Waals surface area contributed by atoms with Crippen LogP contribution in [0.4, 0.5) is 5.69 Å². The molecule has 3 aromatic carbocycles. The van der Waals surface area contributed by atoms with Crippen molar-refractivity contribution in [3.8, 4) is 0 Å². The van der Waals surface area contributed by atoms with Crippen LogP contribution in [0, 0.1) is 25.7 Å². The zero-order valence-corrected chi connectivity index (χ0v) is 26.1. The van der Waals surface area contributed by atoms with E-state index in [1.54, 1.807) is 0 Å². The van der Waals surface area contributed by atoms with E-state index in [-0.39, 0.29) is 11.8 Å². The Morgan fingerprint density at radius 1 is 0.951 bits per heavy atom. The number of fused-ring (bicyclic) bond motifs is 1. The summed E-state index contributed by atoms with van der Waals surface area (Å²) >= 11 is 1.50. The van der Waals surface area contributed by atoms with Gasteiger partial charge >= 0.3 is 0 Å². The molecular weight excluding hydrogens is 526 g/mol. The smallest absolute Gasteiger partial charge is 0.265 e. The third kappa shape index (κ3) is 8.34. The first-order valence-corrected chi connectivity index (χ1v) is 15.4. The van der Waals surface area contributed by atoms with Crippen LogP contribution in [0.15, 0.2) is 76.5 Å². The van der Waals surface area contributed by atoms with Crippen molar-refractivity contribution in [2.24, 2.45) is 11.8 Å². The molecule has 0 radical (unpaired) electrons. The van der Waals surface area contributed by atoms with Gasteiger partial charge in [-0.25, -0.2) is 0 Å². The molecule has 1 heterocycles. The molecule has 0 fully saturated rings. The third-order valence-electron chi connectivity index (χ3n) is 7.10. The summed E-state index contributed by atoms with van der Waals surface area (Å²) in [6.07, 6.45) is 1.93. The normalized spacial score (nSPS) is 14.3. The fraction of sp³-hybridized carbons (Fsp3) is 0.371. The van der Waals surface area contributed by atoms with Gasteiger partial charge in [0.05, 0.1) is 17.1 Å². The summed E-state index contributed by atoms with van der Waals surface area (Å²) in [6.45, 7) is 17.1. The number of nitrogens with zero attached hydrogens (tertiary/aromatic N) is 2. The van der Waals surface area contributed by atoms with Crippen LogP contribution in [-0.4, -0.2) is 42.9 Å². The topological polar surface area (TPSA) is 52.7 Å². The molecule has 216 valence electrons. The molecule has 0 atom stereocenters. The number of benzene rings is 3. The molecule has 0 saturated heterocycles. The van der Waals surface area contributed by atoms with Gasteiger partial charge in [-0.3, -0.25) is 9.59 Å². The highest BCUT2D eigenvalue weighted by Crippen LogP contribution is 2.42. The Morgan fingerprint density at radius 2 is 1.63 bits per heavy atom. The van der Waals surface area contributed by atoms with Crippen molar-refractivity contribution in [2.45, 2.75) is 53.0 Å². The molecule has 1 aliphatic heterocycles. The predicted molar refractivity (Wildman–Crippen MR) is 172 cm³/mol. The number of thioether (sulfide) groups is 1. The number of para-hydroxylation sites is 1. The van der Waals surface area contributed by atoms with E-state index < -0.39 is 0 Å². The van der Waals surface area contributed by atoms with E-state index in [9.17, 15) is 9.59 Å². The van der Waals surface area contributed by atoms with Crippen LogP contribution in [0.1, 0.15) is 60.3 Å². The predicted octanol–water partition coefficient (Wildman–Crippen LogP) is 7.33. The Morgan fingerprint density at radius 3 is 2.32 bits per heavy atom. The average Bonchev–Trinajstić information content (AvgIpc) is 2.92. The number of rotatable bonds is 11. The first-order valence-electron chi connectivity index (χ1n) is 14.6. The molecule has 3 aromatic rings. The molecular formula is C35H43N3O2S. The summed E-state index contributed by atoms with van der Waals surface area (Å²) in [5.74, 6) is 1.10. The molecule has 4 rings (SSSR count). The van der Waals surface area contributed by atoms with Crippen molar-refractivity contribution >= 4 is 35.3 Å². The first-order chi connectivity index (χ1) is 19.6. The lowest BCUT2D eigenvalue weighted by atomic mass is 10.0. The summed E-state index contributed by atoms with van der Waals surface area (Å²) < 4.78 is 0. The Labute approximate surface area is 250 Å². The number of carbonyl (C=O) groups excluding carboxylic acids is 2. The number of hydrogen-bond donors (Lipinski definition) is 1. The molecule has 1 N–H and O–H groups in total. The molecule has 5 nitrogen and oxygen atoms in total. The number of anilines is 1. The van der Waals surface area contributed by atoms with Crippen LogP contribution in [0.5, 0.6) is 0 Å². The van der Waals surface area contributed by atoms with Crippen molar-refractivity contribution in [1.29, 1.82) is 0 Å². The zero-order valence-electron chi connectivity index (χ0n) is 25.2. The largest absolute Gasteiger partial charge is 0.351 e. The van der Waals surface area contributed by atoms with Gasteiger partial charge in [0, 0.05) is 36.6 Å². The van der Waals surface area contributed by atoms with E-state index in [2.05, 4.69) is 76.0 Å². The Kier molecular flexibility index (Phi) is 10.5. The number of nitrogens with one attached hydrogen (secondary N) is 1. The van der Waals surface area contributed by atoms with Crippen LogP contribution >= 0.6 is 11.8 Å². The molecule has 41 heavy (non-hydrogen) atoms.